The Bertz CT molecular complexity index is 729. The number of aliphatic hydroxyl groups is 1. The minimum Gasteiger partial charge on any atom is -0.444 e. The molecule has 0 aromatic carbocycles. The number of alkyl carbamates (subject to hydrolysis) is 1. The maximum atomic E-state index is 12.7. The molecule has 1 unspecified atom stereocenters. The fourth-order valence-electron chi connectivity index (χ4n) is 2.42. The number of hydrogen-bond acceptors (Lipinski definition) is 6. The van der Waals surface area contributed by atoms with Crippen molar-refractivity contribution in [2.75, 3.05) is 13.1 Å². The molecular weight excluding hydrogens is 478 g/mol. The van der Waals surface area contributed by atoms with Gasteiger partial charge in [-0.2, -0.15) is 0 Å². The Morgan fingerprint density at radius 2 is 1.73 bits per heavy atom. The second-order valence-corrected chi connectivity index (χ2v) is 10.2. The summed E-state index contributed by atoms with van der Waals surface area (Å²) in [6.45, 7) is 12.3. The predicted octanol–water partition coefficient (Wildman–Crippen LogP) is 4.68. The third kappa shape index (κ3) is 10.4. The second kappa shape index (κ2) is 10.6. The van der Waals surface area contributed by atoms with Gasteiger partial charge < -0.3 is 24.8 Å². The van der Waals surface area contributed by atoms with E-state index in [-0.39, 0.29) is 18.2 Å². The quantitative estimate of drug-likeness (QED) is 0.541. The summed E-state index contributed by atoms with van der Waals surface area (Å²) in [5.74, 6) is 0. The van der Waals surface area contributed by atoms with Crippen LogP contribution in [0.4, 0.5) is 9.59 Å². The molecule has 1 aromatic rings. The van der Waals surface area contributed by atoms with E-state index in [0.717, 1.165) is 0 Å². The van der Waals surface area contributed by atoms with E-state index in [1.165, 1.54) is 11.0 Å². The van der Waals surface area contributed by atoms with Gasteiger partial charge in [-0.1, -0.05) is 11.6 Å². The van der Waals surface area contributed by atoms with Gasteiger partial charge in [-0.15, -0.1) is 0 Å². The molecule has 2 atom stereocenters. The first-order chi connectivity index (χ1) is 13.6. The van der Waals surface area contributed by atoms with Crippen LogP contribution in [0.15, 0.2) is 16.7 Å². The van der Waals surface area contributed by atoms with Gasteiger partial charge in [0.1, 0.15) is 21.0 Å². The predicted molar refractivity (Wildman–Crippen MR) is 119 cm³/mol. The molecule has 170 valence electrons. The van der Waals surface area contributed by atoms with Crippen molar-refractivity contribution in [3.05, 3.63) is 27.5 Å². The number of aromatic nitrogens is 1. The van der Waals surface area contributed by atoms with Crippen LogP contribution in [0, 0.1) is 0 Å². The molecule has 1 aromatic heterocycles. The molecule has 1 rings (SSSR count). The molecule has 0 bridgehead atoms. The highest BCUT2D eigenvalue weighted by Crippen LogP contribution is 2.22. The van der Waals surface area contributed by atoms with E-state index in [0.29, 0.717) is 10.2 Å². The van der Waals surface area contributed by atoms with Crippen molar-refractivity contribution in [2.45, 2.75) is 71.8 Å². The van der Waals surface area contributed by atoms with Gasteiger partial charge in [-0.3, -0.25) is 0 Å². The van der Waals surface area contributed by atoms with Gasteiger partial charge in [0.15, 0.2) is 0 Å². The minimum atomic E-state index is -1.04. The number of aliphatic hydroxyl groups excluding tert-OH is 1. The normalized spacial score (nSPS) is 13.9. The number of hydrogen-bond donors (Lipinski definition) is 2. The Morgan fingerprint density at radius 3 is 2.23 bits per heavy atom. The van der Waals surface area contributed by atoms with Crippen molar-refractivity contribution in [1.82, 2.24) is 15.2 Å². The number of halogens is 2. The molecule has 30 heavy (non-hydrogen) atoms. The summed E-state index contributed by atoms with van der Waals surface area (Å²) < 4.78 is 11.2. The maximum Gasteiger partial charge on any atom is 0.410 e. The molecule has 0 fully saturated rings. The molecule has 0 aliphatic heterocycles. The van der Waals surface area contributed by atoms with Gasteiger partial charge in [0.25, 0.3) is 0 Å². The topological polar surface area (TPSA) is 101 Å². The summed E-state index contributed by atoms with van der Waals surface area (Å²) in [4.78, 5) is 30.1. The highest BCUT2D eigenvalue weighted by atomic mass is 79.9. The SMILES string of the molecule is C[C@H](CN(CC(O)c1cc(Cl)nc(Br)c1)C(=O)OC(C)(C)C)NC(=O)OC(C)(C)C. The molecule has 2 N–H and O–H groups in total. The van der Waals surface area contributed by atoms with Crippen LogP contribution in [-0.4, -0.2) is 57.5 Å². The van der Waals surface area contributed by atoms with Crippen molar-refractivity contribution in [1.29, 1.82) is 0 Å². The third-order valence-electron chi connectivity index (χ3n) is 3.47. The maximum absolute atomic E-state index is 12.7. The molecular formula is C20H31BrClN3O5. The van der Waals surface area contributed by atoms with Crippen LogP contribution in [0.1, 0.15) is 60.1 Å². The average molecular weight is 509 g/mol. The van der Waals surface area contributed by atoms with Gasteiger partial charge in [-0.25, -0.2) is 14.6 Å². The monoisotopic (exact) mass is 507 g/mol. The third-order valence-corrected chi connectivity index (χ3v) is 4.07. The van der Waals surface area contributed by atoms with Gasteiger partial charge in [-0.05, 0) is 82.1 Å². The Kier molecular flexibility index (Phi) is 9.38. The molecule has 0 saturated heterocycles. The lowest BCUT2D eigenvalue weighted by molar-refractivity contribution is 0.0113. The van der Waals surface area contributed by atoms with E-state index in [2.05, 4.69) is 26.2 Å². The molecule has 1 heterocycles. The summed E-state index contributed by atoms with van der Waals surface area (Å²) >= 11 is 9.19. The van der Waals surface area contributed by atoms with Crippen LogP contribution in [0.25, 0.3) is 0 Å². The highest BCUT2D eigenvalue weighted by Gasteiger charge is 2.27. The van der Waals surface area contributed by atoms with Crippen LogP contribution in [0.2, 0.25) is 5.15 Å². The standard InChI is InChI=1S/C20H31BrClN3O5/c1-12(23-17(27)29-19(2,3)4)10-25(18(28)30-20(5,6)7)11-14(26)13-8-15(21)24-16(22)9-13/h8-9,12,14,26H,10-11H2,1-7H3,(H,23,27)/t12-,14?/m1/s1. The summed E-state index contributed by atoms with van der Waals surface area (Å²) in [5, 5.41) is 13.6. The number of ether oxygens (including phenoxy) is 2. The lowest BCUT2D eigenvalue weighted by Gasteiger charge is -2.31. The van der Waals surface area contributed by atoms with E-state index < -0.39 is 35.5 Å². The van der Waals surface area contributed by atoms with Crippen LogP contribution >= 0.6 is 27.5 Å². The number of pyridine rings is 1. The van der Waals surface area contributed by atoms with E-state index in [4.69, 9.17) is 21.1 Å². The second-order valence-electron chi connectivity index (χ2n) is 8.99. The largest absolute Gasteiger partial charge is 0.444 e. The zero-order valence-electron chi connectivity index (χ0n) is 18.5. The van der Waals surface area contributed by atoms with Crippen molar-refractivity contribution < 1.29 is 24.2 Å². The summed E-state index contributed by atoms with van der Waals surface area (Å²) in [5.41, 5.74) is -0.868. The van der Waals surface area contributed by atoms with Crippen LogP contribution in [0.5, 0.6) is 0 Å². The van der Waals surface area contributed by atoms with Gasteiger partial charge in [0.2, 0.25) is 0 Å². The molecule has 0 saturated carbocycles. The fourth-order valence-corrected chi connectivity index (χ4v) is 3.20. The van der Waals surface area contributed by atoms with Crippen LogP contribution in [-0.2, 0) is 9.47 Å². The smallest absolute Gasteiger partial charge is 0.410 e. The first kappa shape index (κ1) is 26.5. The van der Waals surface area contributed by atoms with Crippen LogP contribution < -0.4 is 5.32 Å². The first-order valence-corrected chi connectivity index (χ1v) is 10.7. The number of carbonyl (C=O) groups excluding carboxylic acids is 2. The highest BCUT2D eigenvalue weighted by molar-refractivity contribution is 9.10. The van der Waals surface area contributed by atoms with Crippen LogP contribution in [0.3, 0.4) is 0 Å². The number of amides is 2. The summed E-state index contributed by atoms with van der Waals surface area (Å²) in [6, 6.07) is 2.69. The Labute approximate surface area is 191 Å². The summed E-state index contributed by atoms with van der Waals surface area (Å²) in [7, 11) is 0. The van der Waals surface area contributed by atoms with Crippen molar-refractivity contribution in [2.24, 2.45) is 0 Å². The zero-order chi connectivity index (χ0) is 23.3. The average Bonchev–Trinajstić information content (AvgIpc) is 2.49. The molecule has 8 nitrogen and oxygen atoms in total. The number of nitrogens with zero attached hydrogens (tertiary/aromatic N) is 2. The minimum absolute atomic E-state index is 0.0674. The van der Waals surface area contributed by atoms with Crippen molar-refractivity contribution >= 4 is 39.7 Å². The zero-order valence-corrected chi connectivity index (χ0v) is 20.8. The fraction of sp³-hybridized carbons (Fsp3) is 0.650. The Balaban J connectivity index is 2.93. The lowest BCUT2D eigenvalue weighted by atomic mass is 10.1. The molecule has 0 spiro atoms. The lowest BCUT2D eigenvalue weighted by Crippen LogP contribution is -2.48. The molecule has 0 aliphatic carbocycles. The van der Waals surface area contributed by atoms with E-state index in [9.17, 15) is 14.7 Å². The van der Waals surface area contributed by atoms with Gasteiger partial charge >= 0.3 is 12.2 Å². The van der Waals surface area contributed by atoms with E-state index in [1.807, 2.05) is 0 Å². The van der Waals surface area contributed by atoms with Gasteiger partial charge in [0.05, 0.1) is 12.6 Å². The van der Waals surface area contributed by atoms with Crippen molar-refractivity contribution in [3.63, 3.8) is 0 Å². The van der Waals surface area contributed by atoms with Crippen molar-refractivity contribution in [3.8, 4) is 0 Å². The Hall–Kier alpha value is -1.58. The van der Waals surface area contributed by atoms with E-state index >= 15 is 0 Å². The number of carbonyl (C=O) groups is 2. The molecule has 10 heteroatoms. The molecule has 0 radical (unpaired) electrons. The van der Waals surface area contributed by atoms with Gasteiger partial charge in [0, 0.05) is 12.6 Å². The Morgan fingerprint density at radius 1 is 1.17 bits per heavy atom. The van der Waals surface area contributed by atoms with E-state index in [1.54, 1.807) is 54.5 Å². The number of nitrogens with one attached hydrogen (secondary N) is 1. The molecule has 0 aliphatic rings. The summed E-state index contributed by atoms with van der Waals surface area (Å²) in [6.07, 6.45) is -2.24. The number of rotatable bonds is 6. The molecule has 2 amide bonds. The first-order valence-electron chi connectivity index (χ1n) is 9.54.